The molecule has 1 aromatic rings. The van der Waals surface area contributed by atoms with E-state index in [2.05, 4.69) is 50.4 Å². The summed E-state index contributed by atoms with van der Waals surface area (Å²) in [6.07, 6.45) is 2.13. The van der Waals surface area contributed by atoms with E-state index in [9.17, 15) is 0 Å². The Hall–Kier alpha value is -0.860. The van der Waals surface area contributed by atoms with Crippen molar-refractivity contribution >= 4 is 0 Å². The molecule has 17 heavy (non-hydrogen) atoms. The monoisotopic (exact) mass is 235 g/mol. The summed E-state index contributed by atoms with van der Waals surface area (Å²) in [5.41, 5.74) is 2.71. The molecule has 1 unspecified atom stereocenters. The minimum atomic E-state index is 0.424. The van der Waals surface area contributed by atoms with Gasteiger partial charge in [-0.05, 0) is 31.9 Å². The van der Waals surface area contributed by atoms with Gasteiger partial charge in [-0.15, -0.1) is 0 Å². The summed E-state index contributed by atoms with van der Waals surface area (Å²) < 4.78 is 5.64. The van der Waals surface area contributed by atoms with Crippen LogP contribution in [-0.4, -0.2) is 25.8 Å². The van der Waals surface area contributed by atoms with Gasteiger partial charge in [0.25, 0.3) is 0 Å². The second-order valence-corrected chi connectivity index (χ2v) is 4.52. The molecular formula is C15H25NO. The Bertz CT molecular complexity index is 312. The molecule has 2 nitrogen and oxygen atoms in total. The van der Waals surface area contributed by atoms with Crippen molar-refractivity contribution in [1.82, 2.24) is 5.32 Å². The van der Waals surface area contributed by atoms with Gasteiger partial charge < -0.3 is 10.1 Å². The fourth-order valence-corrected chi connectivity index (χ4v) is 1.97. The highest BCUT2D eigenvalue weighted by Gasteiger charge is 2.08. The number of ether oxygens (including phenoxy) is 1. The molecule has 96 valence electrons. The number of hydrogen-bond donors (Lipinski definition) is 1. The Labute approximate surface area is 105 Å². The molecule has 0 aromatic heterocycles. The minimum Gasteiger partial charge on any atom is -0.380 e. The maximum absolute atomic E-state index is 5.64. The van der Waals surface area contributed by atoms with E-state index in [0.29, 0.717) is 6.04 Å². The number of aryl methyl sites for hydroxylation is 1. The van der Waals surface area contributed by atoms with Crippen molar-refractivity contribution < 1.29 is 4.74 Å². The van der Waals surface area contributed by atoms with Crippen molar-refractivity contribution in [3.63, 3.8) is 0 Å². The third kappa shape index (κ3) is 5.85. The predicted molar refractivity (Wildman–Crippen MR) is 73.5 cm³/mol. The van der Waals surface area contributed by atoms with Crippen molar-refractivity contribution in [3.05, 3.63) is 35.4 Å². The Kier molecular flexibility index (Phi) is 6.90. The molecule has 0 heterocycles. The van der Waals surface area contributed by atoms with E-state index < -0.39 is 0 Å². The van der Waals surface area contributed by atoms with Crippen molar-refractivity contribution in [2.24, 2.45) is 0 Å². The molecule has 1 atom stereocenters. The third-order valence-corrected chi connectivity index (χ3v) is 2.72. The van der Waals surface area contributed by atoms with Gasteiger partial charge in [0.2, 0.25) is 0 Å². The van der Waals surface area contributed by atoms with Gasteiger partial charge in [0, 0.05) is 12.6 Å². The molecule has 0 aliphatic carbocycles. The van der Waals surface area contributed by atoms with Crippen LogP contribution in [0.15, 0.2) is 24.3 Å². The zero-order valence-electron chi connectivity index (χ0n) is 11.3. The van der Waals surface area contributed by atoms with Gasteiger partial charge in [-0.2, -0.15) is 0 Å². The molecule has 0 saturated heterocycles. The minimum absolute atomic E-state index is 0.424. The highest BCUT2D eigenvalue weighted by molar-refractivity contribution is 5.23. The van der Waals surface area contributed by atoms with Crippen LogP contribution in [0.3, 0.4) is 0 Å². The number of benzene rings is 1. The summed E-state index contributed by atoms with van der Waals surface area (Å²) >= 11 is 0. The standard InChI is InChI=1S/C15H25NO/c1-4-9-17-12-15(16-5-2)11-14-8-6-7-13(3)10-14/h6-8,10,15-16H,4-5,9,11-12H2,1-3H3. The molecule has 0 aliphatic heterocycles. The lowest BCUT2D eigenvalue weighted by Gasteiger charge is -2.18. The van der Waals surface area contributed by atoms with Crippen LogP contribution in [-0.2, 0) is 11.2 Å². The summed E-state index contributed by atoms with van der Waals surface area (Å²) in [7, 11) is 0. The lowest BCUT2D eigenvalue weighted by Crippen LogP contribution is -2.35. The van der Waals surface area contributed by atoms with E-state index in [4.69, 9.17) is 4.74 Å². The lowest BCUT2D eigenvalue weighted by molar-refractivity contribution is 0.112. The van der Waals surface area contributed by atoms with Gasteiger partial charge in [0.15, 0.2) is 0 Å². The number of rotatable bonds is 8. The average molecular weight is 235 g/mol. The summed E-state index contributed by atoms with van der Waals surface area (Å²) in [5.74, 6) is 0. The van der Waals surface area contributed by atoms with Crippen LogP contribution >= 0.6 is 0 Å². The highest BCUT2D eigenvalue weighted by atomic mass is 16.5. The van der Waals surface area contributed by atoms with E-state index in [1.165, 1.54) is 11.1 Å². The first kappa shape index (κ1) is 14.2. The van der Waals surface area contributed by atoms with Crippen LogP contribution < -0.4 is 5.32 Å². The van der Waals surface area contributed by atoms with Crippen molar-refractivity contribution in [2.45, 2.75) is 39.7 Å². The Morgan fingerprint density at radius 1 is 1.29 bits per heavy atom. The molecule has 0 spiro atoms. The molecule has 2 heteroatoms. The van der Waals surface area contributed by atoms with Gasteiger partial charge in [0.1, 0.15) is 0 Å². The SMILES string of the molecule is CCCOCC(Cc1cccc(C)c1)NCC. The van der Waals surface area contributed by atoms with E-state index in [1.807, 2.05) is 0 Å². The zero-order valence-corrected chi connectivity index (χ0v) is 11.3. The van der Waals surface area contributed by atoms with Crippen LogP contribution in [0.2, 0.25) is 0 Å². The fourth-order valence-electron chi connectivity index (χ4n) is 1.97. The molecule has 0 amide bonds. The van der Waals surface area contributed by atoms with E-state index in [-0.39, 0.29) is 0 Å². The Morgan fingerprint density at radius 2 is 2.12 bits per heavy atom. The topological polar surface area (TPSA) is 21.3 Å². The molecule has 0 radical (unpaired) electrons. The van der Waals surface area contributed by atoms with Crippen molar-refractivity contribution in [2.75, 3.05) is 19.8 Å². The van der Waals surface area contributed by atoms with Gasteiger partial charge in [0.05, 0.1) is 6.61 Å². The first-order chi connectivity index (χ1) is 8.26. The summed E-state index contributed by atoms with van der Waals surface area (Å²) in [4.78, 5) is 0. The van der Waals surface area contributed by atoms with E-state index in [0.717, 1.165) is 32.6 Å². The van der Waals surface area contributed by atoms with Crippen LogP contribution in [0.25, 0.3) is 0 Å². The Balaban J connectivity index is 2.47. The molecular weight excluding hydrogens is 210 g/mol. The maximum Gasteiger partial charge on any atom is 0.0622 e. The van der Waals surface area contributed by atoms with Gasteiger partial charge in [-0.1, -0.05) is 43.7 Å². The first-order valence-electron chi connectivity index (χ1n) is 6.63. The third-order valence-electron chi connectivity index (χ3n) is 2.72. The smallest absolute Gasteiger partial charge is 0.0622 e. The van der Waals surface area contributed by atoms with Gasteiger partial charge in [-0.25, -0.2) is 0 Å². The van der Waals surface area contributed by atoms with Gasteiger partial charge in [-0.3, -0.25) is 0 Å². The fraction of sp³-hybridized carbons (Fsp3) is 0.600. The van der Waals surface area contributed by atoms with Gasteiger partial charge >= 0.3 is 0 Å². The quantitative estimate of drug-likeness (QED) is 0.700. The molecule has 0 bridgehead atoms. The van der Waals surface area contributed by atoms with Crippen LogP contribution in [0, 0.1) is 6.92 Å². The second kappa shape index (κ2) is 8.26. The maximum atomic E-state index is 5.64. The number of likely N-dealkylation sites (N-methyl/N-ethyl adjacent to an activating group) is 1. The largest absolute Gasteiger partial charge is 0.380 e. The Morgan fingerprint density at radius 3 is 2.76 bits per heavy atom. The molecule has 1 aromatic carbocycles. The molecule has 1 rings (SSSR count). The van der Waals surface area contributed by atoms with Crippen molar-refractivity contribution in [3.8, 4) is 0 Å². The predicted octanol–water partition coefficient (Wildman–Crippen LogP) is 2.94. The second-order valence-electron chi connectivity index (χ2n) is 4.52. The van der Waals surface area contributed by atoms with Crippen LogP contribution in [0.4, 0.5) is 0 Å². The molecule has 0 saturated carbocycles. The number of hydrogen-bond acceptors (Lipinski definition) is 2. The lowest BCUT2D eigenvalue weighted by atomic mass is 10.0. The highest BCUT2D eigenvalue weighted by Crippen LogP contribution is 2.07. The molecule has 1 N–H and O–H groups in total. The summed E-state index contributed by atoms with van der Waals surface area (Å²) in [5, 5.41) is 3.48. The number of nitrogens with one attached hydrogen (secondary N) is 1. The van der Waals surface area contributed by atoms with Crippen molar-refractivity contribution in [1.29, 1.82) is 0 Å². The molecule has 0 fully saturated rings. The van der Waals surface area contributed by atoms with Crippen LogP contribution in [0.5, 0.6) is 0 Å². The van der Waals surface area contributed by atoms with E-state index >= 15 is 0 Å². The average Bonchev–Trinajstić information content (AvgIpc) is 2.29. The zero-order chi connectivity index (χ0) is 12.5. The van der Waals surface area contributed by atoms with Crippen LogP contribution in [0.1, 0.15) is 31.4 Å². The first-order valence-corrected chi connectivity index (χ1v) is 6.63. The summed E-state index contributed by atoms with van der Waals surface area (Å²) in [6.45, 7) is 9.07. The normalized spacial score (nSPS) is 12.6. The molecule has 0 aliphatic rings. The summed E-state index contributed by atoms with van der Waals surface area (Å²) in [6, 6.07) is 9.13. The van der Waals surface area contributed by atoms with E-state index in [1.54, 1.807) is 0 Å².